The smallest absolute Gasteiger partial charge is 0.408 e. The monoisotopic (exact) mass is 294 g/mol. The lowest BCUT2D eigenvalue weighted by molar-refractivity contribution is -0.115. The van der Waals surface area contributed by atoms with Crippen LogP contribution in [0.25, 0.3) is 0 Å². The molecule has 2 amide bonds. The fraction of sp³-hybridized carbons (Fsp3) is 0.357. The van der Waals surface area contributed by atoms with E-state index in [0.29, 0.717) is 5.69 Å². The Hall–Kier alpha value is -2.57. The Kier molecular flexibility index (Phi) is 5.29. The van der Waals surface area contributed by atoms with E-state index in [1.54, 1.807) is 26.8 Å². The van der Waals surface area contributed by atoms with E-state index in [0.717, 1.165) is 0 Å². The van der Waals surface area contributed by atoms with E-state index < -0.39 is 23.6 Å². The quantitative estimate of drug-likeness (QED) is 0.786. The molecule has 0 aliphatic heterocycles. The van der Waals surface area contributed by atoms with Crippen LogP contribution in [0.2, 0.25) is 0 Å². The summed E-state index contributed by atoms with van der Waals surface area (Å²) in [7, 11) is 0. The highest BCUT2D eigenvalue weighted by molar-refractivity contribution is 5.95. The molecule has 7 heteroatoms. The lowest BCUT2D eigenvalue weighted by Crippen LogP contribution is -2.37. The highest BCUT2D eigenvalue weighted by Crippen LogP contribution is 2.10. The minimum absolute atomic E-state index is 0.0629. The van der Waals surface area contributed by atoms with Crippen molar-refractivity contribution in [3.8, 4) is 0 Å². The van der Waals surface area contributed by atoms with E-state index in [1.165, 1.54) is 18.2 Å². The van der Waals surface area contributed by atoms with Crippen molar-refractivity contribution >= 4 is 23.7 Å². The van der Waals surface area contributed by atoms with Gasteiger partial charge in [0, 0.05) is 5.69 Å². The molecule has 0 saturated carbocycles. The van der Waals surface area contributed by atoms with Crippen LogP contribution in [0.5, 0.6) is 0 Å². The normalized spacial score (nSPS) is 10.6. The van der Waals surface area contributed by atoms with Crippen LogP contribution < -0.4 is 10.6 Å². The summed E-state index contributed by atoms with van der Waals surface area (Å²) in [6, 6.07) is 5.81. The van der Waals surface area contributed by atoms with Crippen LogP contribution in [-0.4, -0.2) is 35.2 Å². The molecule has 21 heavy (non-hydrogen) atoms. The van der Waals surface area contributed by atoms with Gasteiger partial charge in [-0.2, -0.15) is 0 Å². The Bertz CT molecular complexity index is 549. The number of carbonyl (C=O) groups is 3. The van der Waals surface area contributed by atoms with Crippen LogP contribution in [0.4, 0.5) is 10.5 Å². The fourth-order valence-corrected chi connectivity index (χ4v) is 1.40. The van der Waals surface area contributed by atoms with Crippen LogP contribution in [0.1, 0.15) is 31.1 Å². The number of nitrogens with one attached hydrogen (secondary N) is 2. The van der Waals surface area contributed by atoms with Gasteiger partial charge in [-0.1, -0.05) is 6.07 Å². The van der Waals surface area contributed by atoms with Gasteiger partial charge in [0.05, 0.1) is 5.56 Å². The number of carboxylic acid groups (broad SMARTS) is 1. The second-order valence-electron chi connectivity index (χ2n) is 5.29. The van der Waals surface area contributed by atoms with Crippen molar-refractivity contribution in [2.45, 2.75) is 26.4 Å². The van der Waals surface area contributed by atoms with Crippen molar-refractivity contribution in [2.24, 2.45) is 0 Å². The molecule has 114 valence electrons. The standard InChI is InChI=1S/C14H18N2O5/c1-14(2,3)21-13(20)15-8-11(17)16-10-6-4-5-9(7-10)12(18)19/h4-7H,8H2,1-3H3,(H,15,20)(H,16,17)(H,18,19). The number of carbonyl (C=O) groups excluding carboxylic acids is 2. The van der Waals surface area contributed by atoms with Crippen molar-refractivity contribution < 1.29 is 24.2 Å². The number of hydrogen-bond acceptors (Lipinski definition) is 4. The van der Waals surface area contributed by atoms with Gasteiger partial charge < -0.3 is 20.5 Å². The molecule has 0 radical (unpaired) electrons. The van der Waals surface area contributed by atoms with Crippen molar-refractivity contribution in [3.05, 3.63) is 29.8 Å². The summed E-state index contributed by atoms with van der Waals surface area (Å²) in [4.78, 5) is 33.8. The molecule has 7 nitrogen and oxygen atoms in total. The Morgan fingerprint density at radius 1 is 1.24 bits per heavy atom. The molecule has 0 fully saturated rings. The van der Waals surface area contributed by atoms with Gasteiger partial charge in [0.25, 0.3) is 0 Å². The van der Waals surface area contributed by atoms with Crippen LogP contribution in [-0.2, 0) is 9.53 Å². The zero-order valence-electron chi connectivity index (χ0n) is 12.1. The van der Waals surface area contributed by atoms with Gasteiger partial charge >= 0.3 is 12.1 Å². The number of alkyl carbamates (subject to hydrolysis) is 1. The van der Waals surface area contributed by atoms with Gasteiger partial charge in [0.15, 0.2) is 0 Å². The lowest BCUT2D eigenvalue weighted by Gasteiger charge is -2.19. The molecule has 1 rings (SSSR count). The Morgan fingerprint density at radius 2 is 1.90 bits per heavy atom. The van der Waals surface area contributed by atoms with Crippen LogP contribution in [0, 0.1) is 0 Å². The third-order valence-corrected chi connectivity index (χ3v) is 2.19. The largest absolute Gasteiger partial charge is 0.478 e. The SMILES string of the molecule is CC(C)(C)OC(=O)NCC(=O)Nc1cccc(C(=O)O)c1. The number of carboxylic acids is 1. The van der Waals surface area contributed by atoms with Crippen LogP contribution >= 0.6 is 0 Å². The van der Waals surface area contributed by atoms with Gasteiger partial charge in [-0.3, -0.25) is 4.79 Å². The number of rotatable bonds is 4. The number of anilines is 1. The number of benzene rings is 1. The van der Waals surface area contributed by atoms with Crippen molar-refractivity contribution in [1.82, 2.24) is 5.32 Å². The maximum absolute atomic E-state index is 11.6. The van der Waals surface area contributed by atoms with E-state index in [2.05, 4.69) is 10.6 Å². The fourth-order valence-electron chi connectivity index (χ4n) is 1.40. The Morgan fingerprint density at radius 3 is 2.48 bits per heavy atom. The van der Waals surface area contributed by atoms with E-state index in [1.807, 2.05) is 0 Å². The first-order chi connectivity index (χ1) is 9.67. The molecule has 0 saturated heterocycles. The molecule has 3 N–H and O–H groups in total. The minimum Gasteiger partial charge on any atom is -0.478 e. The maximum Gasteiger partial charge on any atom is 0.408 e. The van der Waals surface area contributed by atoms with E-state index >= 15 is 0 Å². The molecule has 0 heterocycles. The predicted octanol–water partition coefficient (Wildman–Crippen LogP) is 1.85. The number of ether oxygens (including phenoxy) is 1. The van der Waals surface area contributed by atoms with Gasteiger partial charge in [0.2, 0.25) is 5.91 Å². The second-order valence-corrected chi connectivity index (χ2v) is 5.29. The number of aromatic carboxylic acids is 1. The molecule has 0 unspecified atom stereocenters. The molecule has 0 atom stereocenters. The van der Waals surface area contributed by atoms with Gasteiger partial charge in [-0.25, -0.2) is 9.59 Å². The summed E-state index contributed by atoms with van der Waals surface area (Å²) in [6.45, 7) is 4.87. The van der Waals surface area contributed by atoms with Gasteiger partial charge in [0.1, 0.15) is 12.1 Å². The molecule has 0 spiro atoms. The zero-order valence-corrected chi connectivity index (χ0v) is 12.1. The van der Waals surface area contributed by atoms with Crippen molar-refractivity contribution in [3.63, 3.8) is 0 Å². The van der Waals surface area contributed by atoms with Gasteiger partial charge in [-0.15, -0.1) is 0 Å². The molecule has 0 aromatic heterocycles. The molecule has 1 aromatic carbocycles. The molecular weight excluding hydrogens is 276 g/mol. The first-order valence-corrected chi connectivity index (χ1v) is 6.27. The van der Waals surface area contributed by atoms with E-state index in [4.69, 9.17) is 9.84 Å². The summed E-state index contributed by atoms with van der Waals surface area (Å²) >= 11 is 0. The lowest BCUT2D eigenvalue weighted by atomic mass is 10.2. The number of hydrogen-bond donors (Lipinski definition) is 3. The van der Waals surface area contributed by atoms with Gasteiger partial charge in [-0.05, 0) is 39.0 Å². The summed E-state index contributed by atoms with van der Waals surface area (Å²) in [6.07, 6.45) is -0.697. The minimum atomic E-state index is -1.09. The molecule has 1 aromatic rings. The van der Waals surface area contributed by atoms with Crippen molar-refractivity contribution in [2.75, 3.05) is 11.9 Å². The summed E-state index contributed by atoms with van der Waals surface area (Å²) in [5.74, 6) is -1.57. The third kappa shape index (κ3) is 6.42. The van der Waals surface area contributed by atoms with E-state index in [9.17, 15) is 14.4 Å². The average Bonchev–Trinajstić information content (AvgIpc) is 2.34. The highest BCUT2D eigenvalue weighted by atomic mass is 16.6. The third-order valence-electron chi connectivity index (χ3n) is 2.19. The van der Waals surface area contributed by atoms with Crippen molar-refractivity contribution in [1.29, 1.82) is 0 Å². The average molecular weight is 294 g/mol. The topological polar surface area (TPSA) is 105 Å². The summed E-state index contributed by atoms with van der Waals surface area (Å²) in [5, 5.41) is 13.6. The maximum atomic E-state index is 11.6. The first-order valence-electron chi connectivity index (χ1n) is 6.27. The molecular formula is C14H18N2O5. The first kappa shape index (κ1) is 16.5. The highest BCUT2D eigenvalue weighted by Gasteiger charge is 2.16. The number of amides is 2. The summed E-state index contributed by atoms with van der Waals surface area (Å²) < 4.78 is 4.98. The Labute approximate surface area is 122 Å². The molecule has 0 aliphatic rings. The Balaban J connectivity index is 2.49. The second kappa shape index (κ2) is 6.74. The molecule has 0 aliphatic carbocycles. The summed E-state index contributed by atoms with van der Waals surface area (Å²) in [5.41, 5.74) is -0.241. The molecule has 0 bridgehead atoms. The van der Waals surface area contributed by atoms with Crippen LogP contribution in [0.3, 0.4) is 0 Å². The van der Waals surface area contributed by atoms with E-state index in [-0.39, 0.29) is 12.1 Å². The van der Waals surface area contributed by atoms with Crippen LogP contribution in [0.15, 0.2) is 24.3 Å². The zero-order chi connectivity index (χ0) is 16.0. The predicted molar refractivity (Wildman–Crippen MR) is 76.3 cm³/mol.